The van der Waals surface area contributed by atoms with Gasteiger partial charge in [-0.15, -0.1) is 0 Å². The van der Waals surface area contributed by atoms with E-state index in [2.05, 4.69) is 5.32 Å². The summed E-state index contributed by atoms with van der Waals surface area (Å²) in [6.45, 7) is 2.48. The number of carbonyl (C=O) groups is 1. The highest BCUT2D eigenvalue weighted by atomic mass is 19.1. The Morgan fingerprint density at radius 1 is 1.25 bits per heavy atom. The third-order valence-electron chi connectivity index (χ3n) is 4.00. The molecule has 5 nitrogen and oxygen atoms in total. The SMILES string of the molecule is CC(C(=O)Nc1ccc2c(c1)OCO2)N(C)Cc1cccc(F)c1. The number of fused-ring (bicyclic) bond motifs is 1. The predicted molar refractivity (Wildman–Crippen MR) is 88.5 cm³/mol. The molecule has 1 aliphatic heterocycles. The van der Waals surface area contributed by atoms with Crippen molar-refractivity contribution in [3.63, 3.8) is 0 Å². The van der Waals surface area contributed by atoms with E-state index in [1.807, 2.05) is 24.9 Å². The van der Waals surface area contributed by atoms with Gasteiger partial charge in [0.25, 0.3) is 0 Å². The van der Waals surface area contributed by atoms with Crippen LogP contribution in [0.5, 0.6) is 11.5 Å². The van der Waals surface area contributed by atoms with Gasteiger partial charge in [-0.3, -0.25) is 9.69 Å². The molecule has 1 N–H and O–H groups in total. The van der Waals surface area contributed by atoms with Crippen molar-refractivity contribution < 1.29 is 18.7 Å². The Balaban J connectivity index is 1.61. The molecule has 6 heteroatoms. The number of hydrogen-bond donors (Lipinski definition) is 1. The monoisotopic (exact) mass is 330 g/mol. The maximum Gasteiger partial charge on any atom is 0.241 e. The normalized spacial score (nSPS) is 13.8. The standard InChI is InChI=1S/C18H19FN2O3/c1-12(21(2)10-13-4-3-5-14(19)8-13)18(22)20-15-6-7-16-17(9-15)24-11-23-16/h3-9,12H,10-11H2,1-2H3,(H,20,22). The molecule has 126 valence electrons. The molecule has 0 bridgehead atoms. The third kappa shape index (κ3) is 3.65. The van der Waals surface area contributed by atoms with Crippen LogP contribution in [0.2, 0.25) is 0 Å². The van der Waals surface area contributed by atoms with E-state index in [4.69, 9.17) is 9.47 Å². The molecule has 24 heavy (non-hydrogen) atoms. The molecular weight excluding hydrogens is 311 g/mol. The van der Waals surface area contributed by atoms with Crippen LogP contribution in [0.3, 0.4) is 0 Å². The minimum Gasteiger partial charge on any atom is -0.454 e. The summed E-state index contributed by atoms with van der Waals surface area (Å²) in [5.74, 6) is 0.865. The van der Waals surface area contributed by atoms with Gasteiger partial charge >= 0.3 is 0 Å². The molecule has 2 aromatic carbocycles. The fraction of sp³-hybridized carbons (Fsp3) is 0.278. The van der Waals surface area contributed by atoms with Crippen molar-refractivity contribution >= 4 is 11.6 Å². The maximum atomic E-state index is 13.3. The summed E-state index contributed by atoms with van der Waals surface area (Å²) in [6.07, 6.45) is 0. The number of ether oxygens (including phenoxy) is 2. The largest absolute Gasteiger partial charge is 0.454 e. The van der Waals surface area contributed by atoms with Gasteiger partial charge < -0.3 is 14.8 Å². The van der Waals surface area contributed by atoms with Gasteiger partial charge in [-0.2, -0.15) is 0 Å². The molecule has 0 saturated carbocycles. The summed E-state index contributed by atoms with van der Waals surface area (Å²) in [7, 11) is 1.83. The molecule has 2 aromatic rings. The van der Waals surface area contributed by atoms with E-state index < -0.39 is 0 Å². The Hall–Kier alpha value is -2.60. The molecule has 0 fully saturated rings. The van der Waals surface area contributed by atoms with Gasteiger partial charge in [0.05, 0.1) is 6.04 Å². The number of amides is 1. The zero-order chi connectivity index (χ0) is 17.1. The highest BCUT2D eigenvalue weighted by Gasteiger charge is 2.20. The first-order valence-corrected chi connectivity index (χ1v) is 7.68. The first-order chi connectivity index (χ1) is 11.5. The first-order valence-electron chi connectivity index (χ1n) is 7.68. The van der Waals surface area contributed by atoms with E-state index >= 15 is 0 Å². The van der Waals surface area contributed by atoms with Crippen molar-refractivity contribution in [3.05, 3.63) is 53.8 Å². The number of carbonyl (C=O) groups excluding carboxylic acids is 1. The number of anilines is 1. The van der Waals surface area contributed by atoms with E-state index in [9.17, 15) is 9.18 Å². The molecule has 0 aliphatic carbocycles. The minimum atomic E-state index is -0.376. The average Bonchev–Trinajstić information content (AvgIpc) is 3.01. The number of nitrogens with one attached hydrogen (secondary N) is 1. The van der Waals surface area contributed by atoms with E-state index in [1.54, 1.807) is 24.3 Å². The fourth-order valence-electron chi connectivity index (χ4n) is 2.48. The van der Waals surface area contributed by atoms with Crippen LogP contribution in [0, 0.1) is 5.82 Å². The van der Waals surface area contributed by atoms with Gasteiger partial charge in [-0.1, -0.05) is 12.1 Å². The van der Waals surface area contributed by atoms with Crippen molar-refractivity contribution in [2.75, 3.05) is 19.2 Å². The summed E-state index contributed by atoms with van der Waals surface area (Å²) >= 11 is 0. The van der Waals surface area contributed by atoms with Crippen LogP contribution in [-0.2, 0) is 11.3 Å². The molecule has 1 heterocycles. The van der Waals surface area contributed by atoms with Crippen molar-refractivity contribution in [1.82, 2.24) is 4.90 Å². The average molecular weight is 330 g/mol. The van der Waals surface area contributed by atoms with Gasteiger partial charge in [0.1, 0.15) is 5.82 Å². The lowest BCUT2D eigenvalue weighted by molar-refractivity contribution is -0.120. The van der Waals surface area contributed by atoms with E-state index in [0.29, 0.717) is 23.7 Å². The molecule has 0 saturated heterocycles. The highest BCUT2D eigenvalue weighted by molar-refractivity contribution is 5.94. The Labute approximate surface area is 140 Å². The number of nitrogens with zero attached hydrogens (tertiary/aromatic N) is 1. The number of likely N-dealkylation sites (N-methyl/N-ethyl adjacent to an activating group) is 1. The van der Waals surface area contributed by atoms with Gasteiger partial charge in [-0.05, 0) is 43.8 Å². The van der Waals surface area contributed by atoms with Gasteiger partial charge in [0.2, 0.25) is 12.7 Å². The lowest BCUT2D eigenvalue weighted by Crippen LogP contribution is -2.39. The Kier molecular flexibility index (Phi) is 4.66. The van der Waals surface area contributed by atoms with Crippen LogP contribution in [0.4, 0.5) is 10.1 Å². The lowest BCUT2D eigenvalue weighted by atomic mass is 10.1. The van der Waals surface area contributed by atoms with Crippen LogP contribution in [0.15, 0.2) is 42.5 Å². The molecule has 0 radical (unpaired) electrons. The topological polar surface area (TPSA) is 50.8 Å². The van der Waals surface area contributed by atoms with Crippen molar-refractivity contribution in [2.24, 2.45) is 0 Å². The van der Waals surface area contributed by atoms with Gasteiger partial charge in [0.15, 0.2) is 11.5 Å². The molecule has 1 amide bonds. The molecule has 1 unspecified atom stereocenters. The van der Waals surface area contributed by atoms with Crippen LogP contribution in [0.25, 0.3) is 0 Å². The molecule has 3 rings (SSSR count). The van der Waals surface area contributed by atoms with Crippen LogP contribution in [-0.4, -0.2) is 30.7 Å². The Morgan fingerprint density at radius 3 is 2.83 bits per heavy atom. The second kappa shape index (κ2) is 6.88. The zero-order valence-electron chi connectivity index (χ0n) is 13.6. The summed E-state index contributed by atoms with van der Waals surface area (Å²) in [5.41, 5.74) is 1.47. The number of benzene rings is 2. The van der Waals surface area contributed by atoms with Crippen molar-refractivity contribution in [2.45, 2.75) is 19.5 Å². The predicted octanol–water partition coefficient (Wildman–Crippen LogP) is 3.01. The smallest absolute Gasteiger partial charge is 0.241 e. The highest BCUT2D eigenvalue weighted by Crippen LogP contribution is 2.34. The second-order valence-electron chi connectivity index (χ2n) is 5.78. The molecular formula is C18H19FN2O3. The second-order valence-corrected chi connectivity index (χ2v) is 5.78. The Morgan fingerprint density at radius 2 is 2.04 bits per heavy atom. The number of halogens is 1. The fourth-order valence-corrected chi connectivity index (χ4v) is 2.48. The molecule has 1 aliphatic rings. The number of rotatable bonds is 5. The van der Waals surface area contributed by atoms with Gasteiger partial charge in [0, 0.05) is 18.3 Å². The summed E-state index contributed by atoms with van der Waals surface area (Å²) < 4.78 is 23.8. The summed E-state index contributed by atoms with van der Waals surface area (Å²) in [5, 5.41) is 2.86. The van der Waals surface area contributed by atoms with Gasteiger partial charge in [-0.25, -0.2) is 4.39 Å². The van der Waals surface area contributed by atoms with E-state index in [-0.39, 0.29) is 24.6 Å². The molecule has 0 aromatic heterocycles. The zero-order valence-corrected chi connectivity index (χ0v) is 13.6. The van der Waals surface area contributed by atoms with Crippen LogP contribution in [0.1, 0.15) is 12.5 Å². The van der Waals surface area contributed by atoms with Crippen molar-refractivity contribution in [3.8, 4) is 11.5 Å². The summed E-state index contributed by atoms with van der Waals surface area (Å²) in [4.78, 5) is 14.3. The number of hydrogen-bond acceptors (Lipinski definition) is 4. The van der Waals surface area contributed by atoms with E-state index in [1.165, 1.54) is 12.1 Å². The quantitative estimate of drug-likeness (QED) is 0.916. The first kappa shape index (κ1) is 16.3. The van der Waals surface area contributed by atoms with Crippen molar-refractivity contribution in [1.29, 1.82) is 0 Å². The Bertz CT molecular complexity index is 751. The third-order valence-corrected chi connectivity index (χ3v) is 4.00. The summed E-state index contributed by atoms with van der Waals surface area (Å²) in [6, 6.07) is 11.3. The lowest BCUT2D eigenvalue weighted by Gasteiger charge is -2.24. The molecule has 1 atom stereocenters. The minimum absolute atomic E-state index is 0.146. The van der Waals surface area contributed by atoms with E-state index in [0.717, 1.165) is 5.56 Å². The molecule has 0 spiro atoms. The maximum absolute atomic E-state index is 13.3. The van der Waals surface area contributed by atoms with Crippen LogP contribution >= 0.6 is 0 Å². The van der Waals surface area contributed by atoms with Crippen LogP contribution < -0.4 is 14.8 Å².